The van der Waals surface area contributed by atoms with E-state index in [2.05, 4.69) is 5.32 Å². The molecule has 0 unspecified atom stereocenters. The first-order chi connectivity index (χ1) is 10.7. The van der Waals surface area contributed by atoms with Crippen LogP contribution >= 0.6 is 0 Å². The van der Waals surface area contributed by atoms with E-state index in [1.807, 2.05) is 18.2 Å². The summed E-state index contributed by atoms with van der Waals surface area (Å²) in [5.41, 5.74) is 1.31. The van der Waals surface area contributed by atoms with E-state index in [9.17, 15) is 9.59 Å². The SMILES string of the molecule is COc1ccc([C@@H]2NC(=O)O[C@H]2C(=O)c2ccccc2)cc1. The second kappa shape index (κ2) is 5.89. The highest BCUT2D eigenvalue weighted by molar-refractivity contribution is 6.02. The maximum atomic E-state index is 12.6. The minimum atomic E-state index is -0.872. The van der Waals surface area contributed by atoms with E-state index in [4.69, 9.17) is 9.47 Å². The molecule has 22 heavy (non-hydrogen) atoms. The number of hydrogen-bond acceptors (Lipinski definition) is 4. The Bertz CT molecular complexity index is 682. The summed E-state index contributed by atoms with van der Waals surface area (Å²) in [4.78, 5) is 24.1. The summed E-state index contributed by atoms with van der Waals surface area (Å²) in [6.07, 6.45) is -1.46. The quantitative estimate of drug-likeness (QED) is 0.881. The Balaban J connectivity index is 1.88. The zero-order valence-corrected chi connectivity index (χ0v) is 12.0. The molecule has 3 rings (SSSR count). The smallest absolute Gasteiger partial charge is 0.408 e. The molecule has 112 valence electrons. The van der Waals surface area contributed by atoms with Crippen LogP contribution in [0, 0.1) is 0 Å². The molecule has 0 aliphatic carbocycles. The van der Waals surface area contributed by atoms with Crippen molar-refractivity contribution >= 4 is 11.9 Å². The molecule has 1 aliphatic rings. The Morgan fingerprint density at radius 3 is 2.41 bits per heavy atom. The van der Waals surface area contributed by atoms with E-state index < -0.39 is 18.2 Å². The highest BCUT2D eigenvalue weighted by Crippen LogP contribution is 2.28. The molecule has 2 aromatic rings. The van der Waals surface area contributed by atoms with Crippen molar-refractivity contribution in [3.8, 4) is 5.75 Å². The summed E-state index contributed by atoms with van der Waals surface area (Å²) >= 11 is 0. The number of methoxy groups -OCH3 is 1. The van der Waals surface area contributed by atoms with Gasteiger partial charge >= 0.3 is 6.09 Å². The van der Waals surface area contributed by atoms with Crippen LogP contribution in [-0.4, -0.2) is 25.1 Å². The fourth-order valence-corrected chi connectivity index (χ4v) is 2.46. The van der Waals surface area contributed by atoms with Gasteiger partial charge in [-0.3, -0.25) is 4.79 Å². The average Bonchev–Trinajstić information content (AvgIpc) is 2.97. The lowest BCUT2D eigenvalue weighted by Gasteiger charge is -2.16. The highest BCUT2D eigenvalue weighted by atomic mass is 16.6. The van der Waals surface area contributed by atoms with Crippen LogP contribution in [0.1, 0.15) is 22.0 Å². The molecule has 0 bridgehead atoms. The van der Waals surface area contributed by atoms with Crippen LogP contribution in [0.4, 0.5) is 4.79 Å². The van der Waals surface area contributed by atoms with Gasteiger partial charge in [0.25, 0.3) is 0 Å². The minimum absolute atomic E-state index is 0.222. The highest BCUT2D eigenvalue weighted by Gasteiger charge is 2.40. The van der Waals surface area contributed by atoms with Gasteiger partial charge in [-0.2, -0.15) is 0 Å². The number of hydrogen-bond donors (Lipinski definition) is 1. The van der Waals surface area contributed by atoms with Crippen LogP contribution in [0.2, 0.25) is 0 Å². The molecule has 2 atom stereocenters. The summed E-state index contributed by atoms with van der Waals surface area (Å²) in [6.45, 7) is 0. The normalized spacial score (nSPS) is 20.1. The van der Waals surface area contributed by atoms with E-state index in [-0.39, 0.29) is 5.78 Å². The number of ketones is 1. The zero-order chi connectivity index (χ0) is 15.5. The number of alkyl carbamates (subject to hydrolysis) is 1. The van der Waals surface area contributed by atoms with Crippen molar-refractivity contribution in [1.29, 1.82) is 0 Å². The van der Waals surface area contributed by atoms with Crippen molar-refractivity contribution in [2.24, 2.45) is 0 Å². The van der Waals surface area contributed by atoms with Crippen LogP contribution in [0.15, 0.2) is 54.6 Å². The predicted molar refractivity (Wildman–Crippen MR) is 79.9 cm³/mol. The predicted octanol–water partition coefficient (Wildman–Crippen LogP) is 2.73. The van der Waals surface area contributed by atoms with Gasteiger partial charge in [0.15, 0.2) is 6.10 Å². The fourth-order valence-electron chi connectivity index (χ4n) is 2.46. The van der Waals surface area contributed by atoms with Crippen molar-refractivity contribution in [3.05, 3.63) is 65.7 Å². The molecule has 1 fully saturated rings. The number of carbonyl (C=O) groups excluding carboxylic acids is 2. The Kier molecular flexibility index (Phi) is 3.78. The molecule has 0 radical (unpaired) electrons. The number of amides is 1. The molecule has 1 heterocycles. The maximum Gasteiger partial charge on any atom is 0.408 e. The Morgan fingerprint density at radius 2 is 1.77 bits per heavy atom. The van der Waals surface area contributed by atoms with Crippen LogP contribution < -0.4 is 10.1 Å². The van der Waals surface area contributed by atoms with Gasteiger partial charge in [-0.05, 0) is 17.7 Å². The van der Waals surface area contributed by atoms with Crippen LogP contribution in [0.3, 0.4) is 0 Å². The summed E-state index contributed by atoms with van der Waals surface area (Å²) in [6, 6.07) is 15.5. The molecule has 0 saturated carbocycles. The fraction of sp³-hybridized carbons (Fsp3) is 0.176. The van der Waals surface area contributed by atoms with E-state index >= 15 is 0 Å². The largest absolute Gasteiger partial charge is 0.497 e. The van der Waals surface area contributed by atoms with Crippen LogP contribution in [0.25, 0.3) is 0 Å². The second-order valence-corrected chi connectivity index (χ2v) is 4.95. The number of benzene rings is 2. The number of Topliss-reactive ketones (excluding diaryl/α,β-unsaturated/α-hetero) is 1. The molecule has 1 N–H and O–H groups in total. The van der Waals surface area contributed by atoms with Gasteiger partial charge in [0.2, 0.25) is 5.78 Å². The average molecular weight is 297 g/mol. The van der Waals surface area contributed by atoms with Crippen molar-refractivity contribution in [1.82, 2.24) is 5.32 Å². The van der Waals surface area contributed by atoms with Gasteiger partial charge in [0, 0.05) is 5.56 Å². The first kappa shape index (κ1) is 14.1. The molecular weight excluding hydrogens is 282 g/mol. The zero-order valence-electron chi connectivity index (χ0n) is 12.0. The third kappa shape index (κ3) is 2.65. The Labute approximate surface area is 127 Å². The third-order valence-electron chi connectivity index (χ3n) is 3.60. The molecule has 1 aliphatic heterocycles. The van der Waals surface area contributed by atoms with Crippen molar-refractivity contribution in [2.75, 3.05) is 7.11 Å². The first-order valence-corrected chi connectivity index (χ1v) is 6.89. The third-order valence-corrected chi connectivity index (χ3v) is 3.60. The topological polar surface area (TPSA) is 64.6 Å². The van der Waals surface area contributed by atoms with Crippen molar-refractivity contribution < 1.29 is 19.1 Å². The summed E-state index contributed by atoms with van der Waals surface area (Å²) < 4.78 is 10.3. The monoisotopic (exact) mass is 297 g/mol. The lowest BCUT2D eigenvalue weighted by molar-refractivity contribution is 0.0721. The van der Waals surface area contributed by atoms with E-state index in [1.54, 1.807) is 43.5 Å². The number of ether oxygens (including phenoxy) is 2. The lowest BCUT2D eigenvalue weighted by atomic mass is 9.95. The number of nitrogens with one attached hydrogen (secondary N) is 1. The summed E-state index contributed by atoms with van der Waals surface area (Å²) in [7, 11) is 1.58. The van der Waals surface area contributed by atoms with Gasteiger partial charge in [0.05, 0.1) is 7.11 Å². The van der Waals surface area contributed by atoms with E-state index in [0.29, 0.717) is 11.3 Å². The standard InChI is InChI=1S/C17H15NO4/c1-21-13-9-7-11(8-10-13)14-16(22-17(20)18-14)15(19)12-5-3-2-4-6-12/h2-10,14,16H,1H3,(H,18,20)/t14-,16+/m0/s1. The Hall–Kier alpha value is -2.82. The summed E-state index contributed by atoms with van der Waals surface area (Å²) in [5.74, 6) is 0.486. The second-order valence-electron chi connectivity index (χ2n) is 4.95. The number of cyclic esters (lactones) is 1. The molecule has 1 amide bonds. The van der Waals surface area contributed by atoms with Crippen LogP contribution in [0.5, 0.6) is 5.75 Å². The van der Waals surface area contributed by atoms with Gasteiger partial charge in [-0.15, -0.1) is 0 Å². The van der Waals surface area contributed by atoms with Gasteiger partial charge in [0.1, 0.15) is 11.8 Å². The molecule has 2 aromatic carbocycles. The number of rotatable bonds is 4. The lowest BCUT2D eigenvalue weighted by Crippen LogP contribution is -2.29. The molecule has 0 aromatic heterocycles. The van der Waals surface area contributed by atoms with Gasteiger partial charge < -0.3 is 14.8 Å². The van der Waals surface area contributed by atoms with E-state index in [1.165, 1.54) is 0 Å². The first-order valence-electron chi connectivity index (χ1n) is 6.89. The van der Waals surface area contributed by atoms with Crippen molar-refractivity contribution in [3.63, 3.8) is 0 Å². The molecule has 0 spiro atoms. The maximum absolute atomic E-state index is 12.6. The number of carbonyl (C=O) groups is 2. The van der Waals surface area contributed by atoms with Crippen molar-refractivity contribution in [2.45, 2.75) is 12.1 Å². The molecule has 5 nitrogen and oxygen atoms in total. The molecule has 5 heteroatoms. The van der Waals surface area contributed by atoms with E-state index in [0.717, 1.165) is 5.56 Å². The Morgan fingerprint density at radius 1 is 1.09 bits per heavy atom. The minimum Gasteiger partial charge on any atom is -0.497 e. The van der Waals surface area contributed by atoms with Gasteiger partial charge in [-0.25, -0.2) is 4.79 Å². The molecular formula is C17H15NO4. The van der Waals surface area contributed by atoms with Crippen LogP contribution in [-0.2, 0) is 4.74 Å². The van der Waals surface area contributed by atoms with Gasteiger partial charge in [-0.1, -0.05) is 42.5 Å². The summed E-state index contributed by atoms with van der Waals surface area (Å²) in [5, 5.41) is 2.69. The molecule has 1 saturated heterocycles.